The van der Waals surface area contributed by atoms with Crippen molar-refractivity contribution in [3.63, 3.8) is 0 Å². The third-order valence-corrected chi connectivity index (χ3v) is 8.83. The number of ether oxygens (including phenoxy) is 1. The molecular weight excluding hydrogens is 599 g/mol. The number of fused-ring (bicyclic) bond motifs is 1. The van der Waals surface area contributed by atoms with E-state index in [2.05, 4.69) is 15.3 Å². The maximum absolute atomic E-state index is 15.5. The fourth-order valence-electron chi connectivity index (χ4n) is 5.36. The Morgan fingerprint density at radius 2 is 2.12 bits per heavy atom. The van der Waals surface area contributed by atoms with E-state index in [1.165, 1.54) is 54.4 Å². The second-order valence-corrected chi connectivity index (χ2v) is 12.2. The summed E-state index contributed by atoms with van der Waals surface area (Å²) in [4.78, 5) is 40.8. The topological polar surface area (TPSA) is 117 Å². The smallest absolute Gasteiger partial charge is 0.338 e. The van der Waals surface area contributed by atoms with Gasteiger partial charge < -0.3 is 15.2 Å². The standard InChI is InChI=1S/C27H29ClF3N5O5S/c1-26(2,25(38)39)6-8-36-21-18(12-41-36)35(13-27(21,30)31)11-17-19(24(37)40-3)20(15-5-4-14(29)10-16(15)28)34-22(33-17)23-32-7-9-42-23/h4-5,7,9-10,18,20-21H,6,8,11-13H2,1-3H3,(H,33,34)(H,38,39)/t18-,20+,21+/m1/s1. The zero-order chi connectivity index (χ0) is 30.4. The molecule has 3 aliphatic heterocycles. The highest BCUT2D eigenvalue weighted by Crippen LogP contribution is 2.42. The number of hydrogen-bond acceptors (Lipinski definition) is 10. The number of nitrogens with one attached hydrogen (secondary N) is 1. The van der Waals surface area contributed by atoms with Crippen LogP contribution in [0.3, 0.4) is 0 Å². The minimum Gasteiger partial charge on any atom is -0.481 e. The van der Waals surface area contributed by atoms with Gasteiger partial charge in [-0.3, -0.25) is 19.5 Å². The quantitative estimate of drug-likeness (QED) is 0.400. The normalized spacial score (nSPS) is 24.4. The summed E-state index contributed by atoms with van der Waals surface area (Å²) in [6.45, 7) is 2.26. The second-order valence-electron chi connectivity index (χ2n) is 10.9. The Balaban J connectivity index is 1.49. The number of halogens is 4. The van der Waals surface area contributed by atoms with Gasteiger partial charge in [-0.1, -0.05) is 17.7 Å². The van der Waals surface area contributed by atoms with Crippen LogP contribution in [0.5, 0.6) is 0 Å². The number of carbonyl (C=O) groups excluding carboxylic acids is 1. The number of amidine groups is 1. The van der Waals surface area contributed by atoms with E-state index in [9.17, 15) is 19.1 Å². The summed E-state index contributed by atoms with van der Waals surface area (Å²) in [5.74, 6) is -5.26. The molecule has 3 aliphatic rings. The minimum absolute atomic E-state index is 0.00421. The van der Waals surface area contributed by atoms with E-state index in [-0.39, 0.29) is 42.4 Å². The van der Waals surface area contributed by atoms with Gasteiger partial charge >= 0.3 is 11.9 Å². The third kappa shape index (κ3) is 5.78. The summed E-state index contributed by atoms with van der Waals surface area (Å²) in [6.07, 6.45) is 1.68. The Hall–Kier alpha value is -3.04. The van der Waals surface area contributed by atoms with Gasteiger partial charge in [0.2, 0.25) is 0 Å². The zero-order valence-corrected chi connectivity index (χ0v) is 24.5. The van der Waals surface area contributed by atoms with Gasteiger partial charge in [0.05, 0.1) is 37.3 Å². The van der Waals surface area contributed by atoms with Gasteiger partial charge in [0.15, 0.2) is 10.8 Å². The van der Waals surface area contributed by atoms with Crippen LogP contribution in [0.25, 0.3) is 0 Å². The first kappa shape index (κ1) is 30.4. The lowest BCUT2D eigenvalue weighted by atomic mass is 9.89. The Morgan fingerprint density at radius 1 is 1.36 bits per heavy atom. The van der Waals surface area contributed by atoms with Crippen LogP contribution in [0, 0.1) is 11.2 Å². The van der Waals surface area contributed by atoms with Gasteiger partial charge in [-0.05, 0) is 32.4 Å². The van der Waals surface area contributed by atoms with Crippen LogP contribution in [0.2, 0.25) is 5.02 Å². The molecule has 0 radical (unpaired) electrons. The number of methoxy groups -OCH3 is 1. The van der Waals surface area contributed by atoms with Crippen molar-refractivity contribution in [1.29, 1.82) is 0 Å². The fourth-order valence-corrected chi connectivity index (χ4v) is 6.22. The van der Waals surface area contributed by atoms with Crippen molar-refractivity contribution in [2.24, 2.45) is 10.4 Å². The van der Waals surface area contributed by atoms with Crippen LogP contribution in [0.15, 0.2) is 46.0 Å². The summed E-state index contributed by atoms with van der Waals surface area (Å²) < 4.78 is 50.0. The molecule has 0 amide bonds. The summed E-state index contributed by atoms with van der Waals surface area (Å²) in [6, 6.07) is 0.609. The first-order chi connectivity index (χ1) is 19.8. The van der Waals surface area contributed by atoms with Crippen LogP contribution >= 0.6 is 22.9 Å². The summed E-state index contributed by atoms with van der Waals surface area (Å²) >= 11 is 7.67. The van der Waals surface area contributed by atoms with E-state index in [0.717, 1.165) is 6.07 Å². The molecule has 1 aromatic carbocycles. The van der Waals surface area contributed by atoms with E-state index in [1.54, 1.807) is 11.6 Å². The molecule has 0 bridgehead atoms. The number of rotatable bonds is 9. The number of nitrogens with zero attached hydrogens (tertiary/aromatic N) is 4. The highest BCUT2D eigenvalue weighted by atomic mass is 35.5. The number of thiazole rings is 1. The average Bonchev–Trinajstić information content (AvgIpc) is 3.66. The maximum atomic E-state index is 15.5. The van der Waals surface area contributed by atoms with Gasteiger partial charge in [-0.2, -0.15) is 5.06 Å². The molecule has 226 valence electrons. The van der Waals surface area contributed by atoms with Crippen molar-refractivity contribution in [2.45, 2.75) is 44.3 Å². The lowest BCUT2D eigenvalue weighted by Crippen LogP contribution is -2.46. The van der Waals surface area contributed by atoms with Crippen LogP contribution in [-0.2, 0) is 19.2 Å². The summed E-state index contributed by atoms with van der Waals surface area (Å²) in [5.41, 5.74) is -0.497. The monoisotopic (exact) mass is 627 g/mol. The van der Waals surface area contributed by atoms with Crippen LogP contribution in [-0.4, -0.2) is 89.2 Å². The number of esters is 1. The molecule has 0 spiro atoms. The molecule has 2 aromatic rings. The molecule has 0 aliphatic carbocycles. The molecule has 42 heavy (non-hydrogen) atoms. The number of carboxylic acids is 1. The number of likely N-dealkylation sites (tertiary alicyclic amines) is 1. The van der Waals surface area contributed by atoms with Gasteiger partial charge in [-0.15, -0.1) is 11.3 Å². The second kappa shape index (κ2) is 11.6. The largest absolute Gasteiger partial charge is 0.481 e. The number of hydrogen-bond donors (Lipinski definition) is 2. The Labute approximate surface area is 248 Å². The van der Waals surface area contributed by atoms with Gasteiger partial charge in [0, 0.05) is 40.9 Å². The zero-order valence-electron chi connectivity index (χ0n) is 22.9. The number of carbonyl (C=O) groups is 2. The maximum Gasteiger partial charge on any atom is 0.338 e. The molecule has 2 saturated heterocycles. The first-order valence-electron chi connectivity index (χ1n) is 13.1. The number of aliphatic carboxylic acids is 1. The van der Waals surface area contributed by atoms with Crippen molar-refractivity contribution in [1.82, 2.24) is 20.3 Å². The fraction of sp³-hybridized carbons (Fsp3) is 0.481. The molecule has 0 unspecified atom stereocenters. The van der Waals surface area contributed by atoms with Gasteiger partial charge in [0.1, 0.15) is 17.9 Å². The minimum atomic E-state index is -3.19. The van der Waals surface area contributed by atoms with E-state index < -0.39 is 53.8 Å². The highest BCUT2D eigenvalue weighted by molar-refractivity contribution is 7.11. The molecule has 4 heterocycles. The Bertz CT molecular complexity index is 1440. The number of aromatic nitrogens is 1. The Morgan fingerprint density at radius 3 is 2.76 bits per heavy atom. The van der Waals surface area contributed by atoms with E-state index in [0.29, 0.717) is 16.4 Å². The number of carboxylic acid groups (broad SMARTS) is 1. The SMILES string of the molecule is COC(=O)C1=C(CN2CC(F)(F)[C@@H]3[C@H]2CON3CCC(C)(C)C(=O)O)NC(c2nccs2)=N[C@H]1c1ccc(F)cc1Cl. The van der Waals surface area contributed by atoms with Crippen LogP contribution < -0.4 is 5.32 Å². The molecular formula is C27H29ClF3N5O5S. The van der Waals surface area contributed by atoms with Crippen molar-refractivity contribution in [2.75, 3.05) is 33.4 Å². The number of benzene rings is 1. The van der Waals surface area contributed by atoms with Gasteiger partial charge in [-0.25, -0.2) is 22.9 Å². The van der Waals surface area contributed by atoms with Crippen molar-refractivity contribution >= 4 is 40.7 Å². The average molecular weight is 628 g/mol. The van der Waals surface area contributed by atoms with Crippen LogP contribution in [0.1, 0.15) is 36.9 Å². The van der Waals surface area contributed by atoms with E-state index in [4.69, 9.17) is 21.2 Å². The lowest BCUT2D eigenvalue weighted by Gasteiger charge is -2.30. The van der Waals surface area contributed by atoms with Crippen LogP contribution in [0.4, 0.5) is 13.2 Å². The van der Waals surface area contributed by atoms with Crippen molar-refractivity contribution < 1.29 is 37.4 Å². The van der Waals surface area contributed by atoms with E-state index in [1.807, 2.05) is 0 Å². The summed E-state index contributed by atoms with van der Waals surface area (Å²) in [7, 11) is 1.19. The molecule has 0 saturated carbocycles. The predicted molar refractivity (Wildman–Crippen MR) is 148 cm³/mol. The highest BCUT2D eigenvalue weighted by Gasteiger charge is 2.61. The lowest BCUT2D eigenvalue weighted by molar-refractivity contribution is -0.186. The number of alkyl halides is 2. The molecule has 2 fully saturated rings. The first-order valence-corrected chi connectivity index (χ1v) is 14.3. The molecule has 3 atom stereocenters. The molecule has 2 N–H and O–H groups in total. The third-order valence-electron chi connectivity index (χ3n) is 7.72. The number of hydroxylamine groups is 2. The molecule has 10 nitrogen and oxygen atoms in total. The predicted octanol–water partition coefficient (Wildman–Crippen LogP) is 3.89. The van der Waals surface area contributed by atoms with Crippen molar-refractivity contribution in [3.8, 4) is 0 Å². The van der Waals surface area contributed by atoms with Crippen molar-refractivity contribution in [3.05, 3.63) is 62.5 Å². The number of aliphatic imine (C=N–C) groups is 1. The Kier molecular flexibility index (Phi) is 8.38. The molecule has 1 aromatic heterocycles. The molecule has 5 rings (SSSR count). The molecule has 15 heteroatoms. The van der Waals surface area contributed by atoms with Gasteiger partial charge in [0.25, 0.3) is 5.92 Å². The summed E-state index contributed by atoms with van der Waals surface area (Å²) in [5, 5.41) is 16.0. The van der Waals surface area contributed by atoms with E-state index >= 15 is 8.78 Å².